The van der Waals surface area contributed by atoms with Gasteiger partial charge in [0.2, 0.25) is 0 Å². The van der Waals surface area contributed by atoms with E-state index in [1.54, 1.807) is 12.1 Å². The van der Waals surface area contributed by atoms with E-state index in [2.05, 4.69) is 0 Å². The average molecular weight is 249 g/mol. The summed E-state index contributed by atoms with van der Waals surface area (Å²) in [4.78, 5) is 0. The van der Waals surface area contributed by atoms with E-state index >= 15 is 0 Å². The number of halogens is 1. The van der Waals surface area contributed by atoms with E-state index in [1.807, 2.05) is 6.07 Å². The number of rotatable bonds is 4. The molecule has 1 aromatic carbocycles. The Kier molecular flexibility index (Phi) is 3.02. The maximum Gasteiger partial charge on any atom is 0.165 e. The van der Waals surface area contributed by atoms with Gasteiger partial charge in [-0.05, 0) is 54.7 Å². The number of methoxy groups -OCH3 is 1. The fourth-order valence-electron chi connectivity index (χ4n) is 3.76. The Labute approximate surface area is 107 Å². The second-order valence-corrected chi connectivity index (χ2v) is 5.67. The molecule has 18 heavy (non-hydrogen) atoms. The highest BCUT2D eigenvalue weighted by Crippen LogP contribution is 2.58. The highest BCUT2D eigenvalue weighted by Gasteiger charge is 2.54. The molecule has 3 atom stereocenters. The van der Waals surface area contributed by atoms with Gasteiger partial charge in [0.15, 0.2) is 11.6 Å². The molecule has 3 unspecified atom stereocenters. The third kappa shape index (κ3) is 2.01. The van der Waals surface area contributed by atoms with Crippen molar-refractivity contribution in [3.05, 3.63) is 29.6 Å². The monoisotopic (exact) mass is 249 g/mol. The lowest BCUT2D eigenvalue weighted by Crippen LogP contribution is -2.27. The Morgan fingerprint density at radius 1 is 1.39 bits per heavy atom. The third-order valence-electron chi connectivity index (χ3n) is 4.65. The predicted octanol–water partition coefficient (Wildman–Crippen LogP) is 2.75. The van der Waals surface area contributed by atoms with Crippen LogP contribution < -0.4 is 10.5 Å². The van der Waals surface area contributed by atoms with Gasteiger partial charge in [0.05, 0.1) is 7.11 Å². The van der Waals surface area contributed by atoms with E-state index in [9.17, 15) is 4.39 Å². The van der Waals surface area contributed by atoms with Gasteiger partial charge in [-0.15, -0.1) is 0 Å². The zero-order chi connectivity index (χ0) is 12.7. The van der Waals surface area contributed by atoms with Crippen LogP contribution in [-0.4, -0.2) is 13.2 Å². The minimum Gasteiger partial charge on any atom is -0.494 e. The fourth-order valence-corrected chi connectivity index (χ4v) is 3.76. The molecule has 2 aliphatic carbocycles. The van der Waals surface area contributed by atoms with Crippen molar-refractivity contribution < 1.29 is 9.13 Å². The summed E-state index contributed by atoms with van der Waals surface area (Å²) in [6.45, 7) is 0. The lowest BCUT2D eigenvalue weighted by atomic mass is 9.98. The molecule has 0 bridgehead atoms. The van der Waals surface area contributed by atoms with E-state index in [1.165, 1.54) is 26.4 Å². The first-order chi connectivity index (χ1) is 8.70. The summed E-state index contributed by atoms with van der Waals surface area (Å²) in [5.74, 6) is 2.42. The van der Waals surface area contributed by atoms with E-state index < -0.39 is 0 Å². The SMILES string of the molecule is COc1ccc(CC(N)C2C3CCCC32)cc1F. The Bertz CT molecular complexity index is 438. The van der Waals surface area contributed by atoms with Gasteiger partial charge in [-0.25, -0.2) is 4.39 Å². The van der Waals surface area contributed by atoms with Crippen LogP contribution in [0, 0.1) is 23.6 Å². The van der Waals surface area contributed by atoms with Gasteiger partial charge in [-0.1, -0.05) is 12.5 Å². The molecule has 3 rings (SSSR count). The molecule has 1 aromatic rings. The van der Waals surface area contributed by atoms with Crippen molar-refractivity contribution in [3.63, 3.8) is 0 Å². The molecule has 2 N–H and O–H groups in total. The van der Waals surface area contributed by atoms with Gasteiger partial charge in [0.25, 0.3) is 0 Å². The third-order valence-corrected chi connectivity index (χ3v) is 4.65. The van der Waals surface area contributed by atoms with Crippen molar-refractivity contribution in [1.82, 2.24) is 0 Å². The van der Waals surface area contributed by atoms with Gasteiger partial charge in [0, 0.05) is 6.04 Å². The molecule has 2 fully saturated rings. The number of hydrogen-bond donors (Lipinski definition) is 1. The molecule has 2 saturated carbocycles. The van der Waals surface area contributed by atoms with Crippen molar-refractivity contribution in [3.8, 4) is 5.75 Å². The zero-order valence-corrected chi connectivity index (χ0v) is 10.7. The first kappa shape index (κ1) is 12.0. The highest BCUT2D eigenvalue weighted by molar-refractivity contribution is 5.30. The summed E-state index contributed by atoms with van der Waals surface area (Å²) in [6, 6.07) is 5.34. The second kappa shape index (κ2) is 4.54. The minimum atomic E-state index is -0.293. The zero-order valence-electron chi connectivity index (χ0n) is 10.7. The van der Waals surface area contributed by atoms with Gasteiger partial charge in [-0.2, -0.15) is 0 Å². The molecule has 0 aliphatic heterocycles. The van der Waals surface area contributed by atoms with E-state index in [-0.39, 0.29) is 11.9 Å². The van der Waals surface area contributed by atoms with E-state index in [4.69, 9.17) is 10.5 Å². The first-order valence-corrected chi connectivity index (χ1v) is 6.78. The fraction of sp³-hybridized carbons (Fsp3) is 0.600. The van der Waals surface area contributed by atoms with Gasteiger partial charge in [-0.3, -0.25) is 0 Å². The number of fused-ring (bicyclic) bond motifs is 1. The van der Waals surface area contributed by atoms with Crippen LogP contribution in [0.15, 0.2) is 18.2 Å². The van der Waals surface area contributed by atoms with Crippen molar-refractivity contribution in [2.24, 2.45) is 23.5 Å². The first-order valence-electron chi connectivity index (χ1n) is 6.78. The summed E-state index contributed by atoms with van der Waals surface area (Å²) in [5, 5.41) is 0. The van der Waals surface area contributed by atoms with Crippen molar-refractivity contribution in [1.29, 1.82) is 0 Å². The molecular weight excluding hydrogens is 229 g/mol. The Balaban J connectivity index is 1.64. The van der Waals surface area contributed by atoms with Crippen LogP contribution in [0.5, 0.6) is 5.75 Å². The Hall–Kier alpha value is -1.09. The smallest absolute Gasteiger partial charge is 0.165 e. The predicted molar refractivity (Wildman–Crippen MR) is 69.0 cm³/mol. The number of hydrogen-bond acceptors (Lipinski definition) is 2. The standard InChI is InChI=1S/C15H20FNO/c1-18-14-6-5-9(7-12(14)16)8-13(17)15-10-3-2-4-11(10)15/h5-7,10-11,13,15H,2-4,8,17H2,1H3. The van der Waals surface area contributed by atoms with Crippen LogP contribution in [0.3, 0.4) is 0 Å². The van der Waals surface area contributed by atoms with Gasteiger partial charge >= 0.3 is 0 Å². The van der Waals surface area contributed by atoms with Crippen LogP contribution in [0.4, 0.5) is 4.39 Å². The number of ether oxygens (including phenoxy) is 1. The topological polar surface area (TPSA) is 35.2 Å². The molecule has 2 nitrogen and oxygen atoms in total. The lowest BCUT2D eigenvalue weighted by molar-refractivity contribution is 0.385. The van der Waals surface area contributed by atoms with Crippen molar-refractivity contribution >= 4 is 0 Å². The van der Waals surface area contributed by atoms with Crippen molar-refractivity contribution in [2.45, 2.75) is 31.7 Å². The van der Waals surface area contributed by atoms with Gasteiger partial charge < -0.3 is 10.5 Å². The molecular formula is C15H20FNO. The van der Waals surface area contributed by atoms with Crippen LogP contribution >= 0.6 is 0 Å². The highest BCUT2D eigenvalue weighted by atomic mass is 19.1. The molecule has 98 valence electrons. The largest absolute Gasteiger partial charge is 0.494 e. The molecule has 0 spiro atoms. The van der Waals surface area contributed by atoms with Crippen LogP contribution in [0.2, 0.25) is 0 Å². The normalized spacial score (nSPS) is 30.9. The molecule has 0 aromatic heterocycles. The Morgan fingerprint density at radius 3 is 2.72 bits per heavy atom. The molecule has 0 radical (unpaired) electrons. The molecule has 2 aliphatic rings. The average Bonchev–Trinajstić information content (AvgIpc) is 2.84. The van der Waals surface area contributed by atoms with Gasteiger partial charge in [0.1, 0.15) is 0 Å². The van der Waals surface area contributed by atoms with E-state index in [0.29, 0.717) is 11.7 Å². The summed E-state index contributed by atoms with van der Waals surface area (Å²) in [5.41, 5.74) is 7.25. The second-order valence-electron chi connectivity index (χ2n) is 5.67. The van der Waals surface area contributed by atoms with Crippen LogP contribution in [0.1, 0.15) is 24.8 Å². The molecule has 3 heteroatoms. The number of nitrogens with two attached hydrogens (primary N) is 1. The molecule has 0 heterocycles. The molecule has 0 saturated heterocycles. The summed E-state index contributed by atoms with van der Waals surface area (Å²) >= 11 is 0. The quantitative estimate of drug-likeness (QED) is 0.890. The maximum absolute atomic E-state index is 13.6. The summed E-state index contributed by atoms with van der Waals surface area (Å²) in [6.07, 6.45) is 4.84. The van der Waals surface area contributed by atoms with Crippen LogP contribution in [0.25, 0.3) is 0 Å². The molecule has 0 amide bonds. The van der Waals surface area contributed by atoms with E-state index in [0.717, 1.165) is 23.8 Å². The number of benzene rings is 1. The summed E-state index contributed by atoms with van der Waals surface area (Å²) < 4.78 is 18.5. The van der Waals surface area contributed by atoms with Crippen molar-refractivity contribution in [2.75, 3.05) is 7.11 Å². The lowest BCUT2D eigenvalue weighted by Gasteiger charge is -2.14. The Morgan fingerprint density at radius 2 is 2.11 bits per heavy atom. The van der Waals surface area contributed by atoms with Crippen LogP contribution in [-0.2, 0) is 6.42 Å². The minimum absolute atomic E-state index is 0.188. The summed E-state index contributed by atoms with van der Waals surface area (Å²) in [7, 11) is 1.48. The maximum atomic E-state index is 13.6.